The average molecular weight is 262 g/mol. The van der Waals surface area contributed by atoms with Crippen molar-refractivity contribution in [3.8, 4) is 0 Å². The maximum atomic E-state index is 12.6. The summed E-state index contributed by atoms with van der Waals surface area (Å²) >= 11 is 0. The average Bonchev–Trinajstić information content (AvgIpc) is 2.71. The van der Waals surface area contributed by atoms with Gasteiger partial charge >= 0.3 is 6.09 Å². The molecule has 18 heavy (non-hydrogen) atoms. The third kappa shape index (κ3) is 2.30. The Morgan fingerprint density at radius 3 is 2.56 bits per heavy atom. The van der Waals surface area contributed by atoms with Crippen molar-refractivity contribution in [2.75, 3.05) is 6.54 Å². The molecule has 2 N–H and O–H groups in total. The first-order chi connectivity index (χ1) is 8.20. The molecular weight excluding hydrogens is 242 g/mol. The molecule has 104 valence electrons. The maximum Gasteiger partial charge on any atom is 0.410 e. The minimum Gasteiger partial charge on any atom is -0.444 e. The number of rotatable bonds is 2. The summed E-state index contributed by atoms with van der Waals surface area (Å²) in [4.78, 5) is 13.5. The Hall–Kier alpha value is -0.910. The summed E-state index contributed by atoms with van der Waals surface area (Å²) in [5, 5.41) is 0. The molecule has 3 fully saturated rings. The molecule has 0 aromatic rings. The number of hydrogen-bond donors (Lipinski definition) is 1. The van der Waals surface area contributed by atoms with E-state index in [1.54, 1.807) is 25.7 Å². The number of nitrogens with two attached hydrogens (primary N) is 1. The van der Waals surface area contributed by atoms with Crippen molar-refractivity contribution in [1.29, 1.82) is 0 Å². The predicted octanol–water partition coefficient (Wildman–Crippen LogP) is 1.83. The highest BCUT2D eigenvalue weighted by Crippen LogP contribution is 2.48. The van der Waals surface area contributed by atoms with E-state index >= 15 is 0 Å². The molecule has 3 rings (SSSR count). The smallest absolute Gasteiger partial charge is 0.410 e. The largest absolute Gasteiger partial charge is 0.444 e. The van der Waals surface area contributed by atoms with Gasteiger partial charge in [0.25, 0.3) is 6.43 Å². The van der Waals surface area contributed by atoms with Crippen LogP contribution in [0.5, 0.6) is 0 Å². The van der Waals surface area contributed by atoms with E-state index in [2.05, 4.69) is 0 Å². The van der Waals surface area contributed by atoms with Crippen LogP contribution >= 0.6 is 0 Å². The maximum absolute atomic E-state index is 12.6. The van der Waals surface area contributed by atoms with Crippen molar-refractivity contribution in [3.63, 3.8) is 0 Å². The van der Waals surface area contributed by atoms with E-state index in [1.165, 1.54) is 0 Å². The Morgan fingerprint density at radius 2 is 2.06 bits per heavy atom. The fraction of sp³-hybridized carbons (Fsp3) is 0.917. The molecule has 1 saturated carbocycles. The molecule has 1 aliphatic carbocycles. The number of nitrogens with zero attached hydrogens (tertiary/aromatic N) is 1. The molecule has 4 atom stereocenters. The van der Waals surface area contributed by atoms with Gasteiger partial charge in [-0.1, -0.05) is 0 Å². The van der Waals surface area contributed by atoms with E-state index in [1.807, 2.05) is 0 Å². The Balaban J connectivity index is 1.98. The Bertz CT molecular complexity index is 343. The molecule has 2 unspecified atom stereocenters. The Labute approximate surface area is 105 Å². The first kappa shape index (κ1) is 13.5. The lowest BCUT2D eigenvalue weighted by Gasteiger charge is -2.39. The lowest BCUT2D eigenvalue weighted by atomic mass is 9.70. The van der Waals surface area contributed by atoms with Gasteiger partial charge in [0.05, 0.1) is 6.04 Å². The van der Waals surface area contributed by atoms with E-state index in [9.17, 15) is 13.6 Å². The highest BCUT2D eigenvalue weighted by molar-refractivity contribution is 5.69. The second-order valence-corrected chi connectivity index (χ2v) is 6.18. The quantitative estimate of drug-likeness (QED) is 0.826. The minimum atomic E-state index is -2.53. The molecule has 2 saturated heterocycles. The molecule has 2 bridgehead atoms. The van der Waals surface area contributed by atoms with Gasteiger partial charge < -0.3 is 15.4 Å². The van der Waals surface area contributed by atoms with Gasteiger partial charge in [0.15, 0.2) is 0 Å². The van der Waals surface area contributed by atoms with Gasteiger partial charge in [0.1, 0.15) is 5.60 Å². The number of alkyl halides is 2. The number of carbonyl (C=O) groups excluding carboxylic acids is 1. The van der Waals surface area contributed by atoms with Crippen LogP contribution in [0.4, 0.5) is 13.6 Å². The van der Waals surface area contributed by atoms with Gasteiger partial charge in [-0.15, -0.1) is 0 Å². The molecule has 4 nitrogen and oxygen atoms in total. The summed E-state index contributed by atoms with van der Waals surface area (Å²) in [6, 6.07) is -1.31. The van der Waals surface area contributed by atoms with Crippen LogP contribution in [0.15, 0.2) is 0 Å². The molecular formula is C12H20F2N2O2. The summed E-state index contributed by atoms with van der Waals surface area (Å²) in [7, 11) is 0. The van der Waals surface area contributed by atoms with Gasteiger partial charge in [0, 0.05) is 18.5 Å². The SMILES string of the molecule is CC(C)(C)OC(=O)N1C[C@@H]2C[C@H]1C2C(N)C(F)F. The van der Waals surface area contributed by atoms with Gasteiger partial charge in [-0.3, -0.25) is 0 Å². The zero-order chi connectivity index (χ0) is 13.7. The van der Waals surface area contributed by atoms with Crippen molar-refractivity contribution in [2.45, 2.75) is 51.3 Å². The number of ether oxygens (including phenoxy) is 1. The monoisotopic (exact) mass is 262 g/mol. The second kappa shape index (κ2) is 4.33. The lowest BCUT2D eigenvalue weighted by molar-refractivity contribution is 0.00548. The second-order valence-electron chi connectivity index (χ2n) is 6.18. The number of amides is 1. The number of carbonyl (C=O) groups is 1. The third-order valence-electron chi connectivity index (χ3n) is 3.73. The lowest BCUT2D eigenvalue weighted by Crippen LogP contribution is -2.53. The first-order valence-corrected chi connectivity index (χ1v) is 6.24. The van der Waals surface area contributed by atoms with Gasteiger partial charge in [-0.05, 0) is 33.1 Å². The molecule has 6 heteroatoms. The van der Waals surface area contributed by atoms with Crippen LogP contribution in [0, 0.1) is 11.8 Å². The number of fused-ring (bicyclic) bond motifs is 1. The summed E-state index contributed by atoms with van der Waals surface area (Å²) in [5.74, 6) is -0.177. The number of halogens is 2. The van der Waals surface area contributed by atoms with Crippen molar-refractivity contribution in [3.05, 3.63) is 0 Å². The van der Waals surface area contributed by atoms with Crippen LogP contribution in [-0.2, 0) is 4.74 Å². The summed E-state index contributed by atoms with van der Waals surface area (Å²) in [6.07, 6.45) is -2.18. The highest BCUT2D eigenvalue weighted by atomic mass is 19.3. The van der Waals surface area contributed by atoms with Crippen molar-refractivity contribution in [2.24, 2.45) is 17.6 Å². The summed E-state index contributed by atoms with van der Waals surface area (Å²) in [5.41, 5.74) is 4.94. The summed E-state index contributed by atoms with van der Waals surface area (Å²) < 4.78 is 30.5. The summed E-state index contributed by atoms with van der Waals surface area (Å²) in [6.45, 7) is 5.85. The van der Waals surface area contributed by atoms with Crippen molar-refractivity contribution < 1.29 is 18.3 Å². The highest BCUT2D eigenvalue weighted by Gasteiger charge is 2.57. The van der Waals surface area contributed by atoms with Gasteiger partial charge in [-0.2, -0.15) is 0 Å². The zero-order valence-electron chi connectivity index (χ0n) is 10.9. The molecule has 1 amide bonds. The normalized spacial score (nSPS) is 32.4. The van der Waals surface area contributed by atoms with Gasteiger partial charge in [0.2, 0.25) is 0 Å². The minimum absolute atomic E-state index is 0.103. The molecule has 0 aromatic heterocycles. The molecule has 0 spiro atoms. The van der Waals surface area contributed by atoms with Gasteiger partial charge in [-0.25, -0.2) is 13.6 Å². The number of hydrogen-bond acceptors (Lipinski definition) is 3. The van der Waals surface area contributed by atoms with E-state index in [0.29, 0.717) is 6.54 Å². The van der Waals surface area contributed by atoms with Crippen molar-refractivity contribution >= 4 is 6.09 Å². The van der Waals surface area contributed by atoms with Crippen LogP contribution < -0.4 is 5.73 Å². The van der Waals surface area contributed by atoms with E-state index in [-0.39, 0.29) is 17.9 Å². The van der Waals surface area contributed by atoms with E-state index in [0.717, 1.165) is 6.42 Å². The molecule has 2 aliphatic heterocycles. The zero-order valence-corrected chi connectivity index (χ0v) is 10.9. The van der Waals surface area contributed by atoms with Crippen LogP contribution in [-0.4, -0.2) is 41.6 Å². The third-order valence-corrected chi connectivity index (χ3v) is 3.73. The predicted molar refractivity (Wildman–Crippen MR) is 62.3 cm³/mol. The topological polar surface area (TPSA) is 55.6 Å². The fourth-order valence-corrected chi connectivity index (χ4v) is 2.93. The van der Waals surface area contributed by atoms with Crippen LogP contribution in [0.25, 0.3) is 0 Å². The molecule has 0 radical (unpaired) electrons. The van der Waals surface area contributed by atoms with Crippen molar-refractivity contribution in [1.82, 2.24) is 4.90 Å². The molecule has 0 aromatic carbocycles. The first-order valence-electron chi connectivity index (χ1n) is 6.24. The van der Waals surface area contributed by atoms with Crippen LogP contribution in [0.1, 0.15) is 27.2 Å². The molecule has 3 aliphatic rings. The Morgan fingerprint density at radius 1 is 1.44 bits per heavy atom. The molecule has 2 heterocycles. The van der Waals surface area contributed by atoms with E-state index < -0.39 is 24.2 Å². The Kier molecular flexibility index (Phi) is 3.25. The standard InChI is InChI=1S/C12H20F2N2O2/c1-12(2,3)18-11(17)16-5-6-4-7(16)8(6)9(15)10(13)14/h6-10H,4-5,15H2,1-3H3/t6-,7-,8?,9?/m0/s1. The fourth-order valence-electron chi connectivity index (χ4n) is 2.93. The van der Waals surface area contributed by atoms with E-state index in [4.69, 9.17) is 10.5 Å². The van der Waals surface area contributed by atoms with Crippen LogP contribution in [0.3, 0.4) is 0 Å². The van der Waals surface area contributed by atoms with Crippen LogP contribution in [0.2, 0.25) is 0 Å².